The standard InChI is InChI=1S/C21H22ClF2N3O3/c1-13-9-15(23)4-5-16(13)19-12-26(21(29)30)7-8-27(19)20(28)25(2)11-14-3-6-18(24)17(22)10-14/h3-6,9-10,19H,7-8,11-12H2,1-2H3,(H,29,30)/t19-/m1/s1. The summed E-state index contributed by atoms with van der Waals surface area (Å²) in [6, 6.07) is 7.64. The Hall–Kier alpha value is -2.87. The van der Waals surface area contributed by atoms with Crippen molar-refractivity contribution in [1.82, 2.24) is 14.7 Å². The van der Waals surface area contributed by atoms with Crippen LogP contribution in [0.15, 0.2) is 36.4 Å². The molecule has 1 atom stereocenters. The molecule has 2 aromatic carbocycles. The summed E-state index contributed by atoms with van der Waals surface area (Å²) in [4.78, 5) is 29.0. The zero-order chi connectivity index (χ0) is 22.0. The average molecular weight is 438 g/mol. The van der Waals surface area contributed by atoms with Gasteiger partial charge in [0.2, 0.25) is 0 Å². The fourth-order valence-corrected chi connectivity index (χ4v) is 3.87. The molecular weight excluding hydrogens is 416 g/mol. The van der Waals surface area contributed by atoms with Gasteiger partial charge in [-0.1, -0.05) is 23.7 Å². The summed E-state index contributed by atoms with van der Waals surface area (Å²) in [6.45, 7) is 2.39. The van der Waals surface area contributed by atoms with Crippen LogP contribution >= 0.6 is 11.6 Å². The number of carbonyl (C=O) groups is 2. The van der Waals surface area contributed by atoms with E-state index in [9.17, 15) is 23.5 Å². The monoisotopic (exact) mass is 437 g/mol. The van der Waals surface area contributed by atoms with E-state index in [-0.39, 0.29) is 37.2 Å². The van der Waals surface area contributed by atoms with Crippen molar-refractivity contribution in [3.63, 3.8) is 0 Å². The van der Waals surface area contributed by atoms with Crippen LogP contribution in [0.1, 0.15) is 22.7 Å². The van der Waals surface area contributed by atoms with Gasteiger partial charge in [-0.15, -0.1) is 0 Å². The largest absolute Gasteiger partial charge is 0.465 e. The van der Waals surface area contributed by atoms with Crippen LogP contribution < -0.4 is 0 Å². The molecule has 0 aliphatic carbocycles. The number of carbonyl (C=O) groups excluding carboxylic acids is 1. The van der Waals surface area contributed by atoms with Crippen LogP contribution in [0.2, 0.25) is 5.02 Å². The highest BCUT2D eigenvalue weighted by Gasteiger charge is 2.35. The first-order valence-corrected chi connectivity index (χ1v) is 9.74. The third-order valence-corrected chi connectivity index (χ3v) is 5.51. The van der Waals surface area contributed by atoms with E-state index in [0.717, 1.165) is 0 Å². The molecule has 9 heteroatoms. The molecule has 3 amide bonds. The van der Waals surface area contributed by atoms with E-state index in [1.165, 1.54) is 34.1 Å². The third kappa shape index (κ3) is 4.64. The normalized spacial score (nSPS) is 16.5. The Balaban J connectivity index is 1.85. The van der Waals surface area contributed by atoms with Gasteiger partial charge in [-0.05, 0) is 47.9 Å². The van der Waals surface area contributed by atoms with Gasteiger partial charge in [0.05, 0.1) is 11.1 Å². The van der Waals surface area contributed by atoms with Gasteiger partial charge in [0, 0.05) is 33.2 Å². The smallest absolute Gasteiger partial charge is 0.407 e. The van der Waals surface area contributed by atoms with Gasteiger partial charge in [0.15, 0.2) is 0 Å². The third-order valence-electron chi connectivity index (χ3n) is 5.22. The van der Waals surface area contributed by atoms with E-state index in [4.69, 9.17) is 11.6 Å². The number of halogens is 3. The highest BCUT2D eigenvalue weighted by molar-refractivity contribution is 6.30. The highest BCUT2D eigenvalue weighted by atomic mass is 35.5. The molecule has 1 aliphatic rings. The summed E-state index contributed by atoms with van der Waals surface area (Å²) < 4.78 is 27.0. The fourth-order valence-electron chi connectivity index (χ4n) is 3.66. The number of hydrogen-bond acceptors (Lipinski definition) is 2. The summed E-state index contributed by atoms with van der Waals surface area (Å²) >= 11 is 5.82. The lowest BCUT2D eigenvalue weighted by Gasteiger charge is -2.42. The van der Waals surface area contributed by atoms with Gasteiger partial charge >= 0.3 is 12.1 Å². The molecule has 1 fully saturated rings. The zero-order valence-corrected chi connectivity index (χ0v) is 17.4. The number of benzene rings is 2. The molecule has 30 heavy (non-hydrogen) atoms. The second-order valence-electron chi connectivity index (χ2n) is 7.33. The Labute approximate surface area is 178 Å². The molecule has 2 aromatic rings. The molecule has 1 N–H and O–H groups in total. The van der Waals surface area contributed by atoms with E-state index < -0.39 is 23.8 Å². The van der Waals surface area contributed by atoms with E-state index in [1.54, 1.807) is 31.0 Å². The molecule has 1 aliphatic heterocycles. The molecule has 3 rings (SSSR count). The molecule has 0 unspecified atom stereocenters. The molecule has 1 heterocycles. The van der Waals surface area contributed by atoms with Crippen LogP contribution in [-0.2, 0) is 6.54 Å². The summed E-state index contributed by atoms with van der Waals surface area (Å²) in [5.74, 6) is -0.934. The fraction of sp³-hybridized carbons (Fsp3) is 0.333. The van der Waals surface area contributed by atoms with Gasteiger partial charge in [-0.2, -0.15) is 0 Å². The van der Waals surface area contributed by atoms with Crippen molar-refractivity contribution in [2.24, 2.45) is 0 Å². The molecule has 0 saturated carbocycles. The van der Waals surface area contributed by atoms with Crippen LogP contribution in [-0.4, -0.2) is 58.6 Å². The maximum Gasteiger partial charge on any atom is 0.407 e. The van der Waals surface area contributed by atoms with E-state index >= 15 is 0 Å². The van der Waals surface area contributed by atoms with Gasteiger partial charge in [-0.3, -0.25) is 0 Å². The van der Waals surface area contributed by atoms with E-state index in [0.29, 0.717) is 16.7 Å². The number of amides is 3. The van der Waals surface area contributed by atoms with Crippen molar-refractivity contribution in [2.75, 3.05) is 26.7 Å². The van der Waals surface area contributed by atoms with Gasteiger partial charge in [-0.25, -0.2) is 18.4 Å². The molecule has 6 nitrogen and oxygen atoms in total. The number of aryl methyl sites for hydroxylation is 1. The molecule has 0 aromatic heterocycles. The second kappa shape index (κ2) is 8.87. The molecule has 0 spiro atoms. The van der Waals surface area contributed by atoms with Crippen molar-refractivity contribution in [2.45, 2.75) is 19.5 Å². The van der Waals surface area contributed by atoms with Gasteiger partial charge < -0.3 is 19.8 Å². The first-order valence-electron chi connectivity index (χ1n) is 9.37. The summed E-state index contributed by atoms with van der Waals surface area (Å²) in [7, 11) is 1.61. The van der Waals surface area contributed by atoms with Crippen LogP contribution in [0.25, 0.3) is 0 Å². The second-order valence-corrected chi connectivity index (χ2v) is 7.73. The minimum Gasteiger partial charge on any atom is -0.465 e. The molecule has 0 radical (unpaired) electrons. The minimum atomic E-state index is -1.07. The first kappa shape index (κ1) is 21.8. The first-order chi connectivity index (χ1) is 14.2. The average Bonchev–Trinajstić information content (AvgIpc) is 2.69. The minimum absolute atomic E-state index is 0.0248. The zero-order valence-electron chi connectivity index (χ0n) is 16.6. The lowest BCUT2D eigenvalue weighted by Crippen LogP contribution is -2.54. The Morgan fingerprint density at radius 3 is 2.57 bits per heavy atom. The SMILES string of the molecule is Cc1cc(F)ccc1[C@H]1CN(C(=O)O)CCN1C(=O)N(C)Cc1ccc(F)c(Cl)c1. The quantitative estimate of drug-likeness (QED) is 0.768. The Kier molecular flexibility index (Phi) is 6.45. The summed E-state index contributed by atoms with van der Waals surface area (Å²) in [5, 5.41) is 9.38. The van der Waals surface area contributed by atoms with Gasteiger partial charge in [0.1, 0.15) is 11.6 Å². The number of piperazine rings is 1. The lowest BCUT2D eigenvalue weighted by molar-refractivity contribution is 0.0711. The van der Waals surface area contributed by atoms with E-state index in [1.807, 2.05) is 0 Å². The van der Waals surface area contributed by atoms with Crippen LogP contribution in [0.5, 0.6) is 0 Å². The number of urea groups is 1. The van der Waals surface area contributed by atoms with Crippen molar-refractivity contribution < 1.29 is 23.5 Å². The maximum atomic E-state index is 13.6. The number of hydrogen-bond donors (Lipinski definition) is 1. The van der Waals surface area contributed by atoms with Crippen LogP contribution in [0.3, 0.4) is 0 Å². The number of rotatable bonds is 3. The Morgan fingerprint density at radius 1 is 1.20 bits per heavy atom. The van der Waals surface area contributed by atoms with Crippen LogP contribution in [0, 0.1) is 18.6 Å². The number of carboxylic acid groups (broad SMARTS) is 1. The molecule has 1 saturated heterocycles. The number of nitrogens with zero attached hydrogens (tertiary/aromatic N) is 3. The van der Waals surface area contributed by atoms with Gasteiger partial charge in [0.25, 0.3) is 0 Å². The van der Waals surface area contributed by atoms with Crippen molar-refractivity contribution >= 4 is 23.7 Å². The molecular formula is C21H22ClF2N3O3. The predicted octanol–water partition coefficient (Wildman–Crippen LogP) is 4.52. The van der Waals surface area contributed by atoms with Crippen molar-refractivity contribution in [3.8, 4) is 0 Å². The van der Waals surface area contributed by atoms with Crippen molar-refractivity contribution in [1.29, 1.82) is 0 Å². The highest BCUT2D eigenvalue weighted by Crippen LogP contribution is 2.30. The Bertz CT molecular complexity index is 973. The summed E-state index contributed by atoms with van der Waals surface area (Å²) in [5.41, 5.74) is 1.99. The summed E-state index contributed by atoms with van der Waals surface area (Å²) in [6.07, 6.45) is -1.07. The van der Waals surface area contributed by atoms with E-state index in [2.05, 4.69) is 0 Å². The predicted molar refractivity (Wildman–Crippen MR) is 108 cm³/mol. The Morgan fingerprint density at radius 2 is 1.93 bits per heavy atom. The topological polar surface area (TPSA) is 64.1 Å². The lowest BCUT2D eigenvalue weighted by atomic mass is 9.97. The van der Waals surface area contributed by atoms with Crippen LogP contribution in [0.4, 0.5) is 18.4 Å². The molecule has 0 bridgehead atoms. The molecule has 160 valence electrons. The van der Waals surface area contributed by atoms with Crippen molar-refractivity contribution in [3.05, 3.63) is 69.7 Å². The maximum absolute atomic E-state index is 13.6.